The molecule has 0 radical (unpaired) electrons. The number of anilines is 1. The highest BCUT2D eigenvalue weighted by Gasteiger charge is 2.55. The van der Waals surface area contributed by atoms with Crippen LogP contribution in [0.5, 0.6) is 0 Å². The van der Waals surface area contributed by atoms with Gasteiger partial charge in [0.2, 0.25) is 11.5 Å². The maximum atomic E-state index is 13.8. The predicted octanol–water partition coefficient (Wildman–Crippen LogP) is 5.27. The lowest BCUT2D eigenvalue weighted by molar-refractivity contribution is -0.260. The summed E-state index contributed by atoms with van der Waals surface area (Å²) in [6.07, 6.45) is -3.65. The molecule has 176 valence electrons. The molecule has 3 N–H and O–H groups in total. The molecule has 2 aromatic carbocycles. The number of hydrogen-bond acceptors (Lipinski definition) is 4. The van der Waals surface area contributed by atoms with Crippen LogP contribution in [-0.4, -0.2) is 40.0 Å². The molecule has 0 unspecified atom stereocenters. The first-order chi connectivity index (χ1) is 14.7. The smallest absolute Gasteiger partial charge is 0.381 e. The van der Waals surface area contributed by atoms with Gasteiger partial charge in [-0.3, -0.25) is 9.00 Å². The summed E-state index contributed by atoms with van der Waals surface area (Å²) in [6.45, 7) is -0.805. The summed E-state index contributed by atoms with van der Waals surface area (Å²) in [5, 5.41) is 15.1. The average molecular weight is 597 g/mol. The van der Waals surface area contributed by atoms with Gasteiger partial charge in [0.05, 0.1) is 21.6 Å². The van der Waals surface area contributed by atoms with Crippen molar-refractivity contribution in [2.75, 3.05) is 23.9 Å². The quantitative estimate of drug-likeness (QED) is 0.363. The van der Waals surface area contributed by atoms with E-state index in [4.69, 9.17) is 34.8 Å². The Morgan fingerprint density at radius 1 is 1.16 bits per heavy atom. The van der Waals surface area contributed by atoms with E-state index in [0.29, 0.717) is 10.0 Å². The van der Waals surface area contributed by atoms with Gasteiger partial charge in [0.1, 0.15) is 5.75 Å². The van der Waals surface area contributed by atoms with E-state index < -0.39 is 40.6 Å². The number of nitrogens with one attached hydrogen (secondary N) is 2. The lowest BCUT2D eigenvalue weighted by atomic mass is 9.92. The summed E-state index contributed by atoms with van der Waals surface area (Å²) in [7, 11) is -1.27. The van der Waals surface area contributed by atoms with Crippen LogP contribution in [0, 0.1) is 0 Å². The van der Waals surface area contributed by atoms with E-state index in [9.17, 15) is 27.3 Å². The molecule has 13 heteroatoms. The summed E-state index contributed by atoms with van der Waals surface area (Å²) in [6, 6.07) is 6.39. The number of benzene rings is 2. The molecule has 0 saturated carbocycles. The lowest BCUT2D eigenvalue weighted by Gasteiger charge is -2.32. The Hall–Kier alpha value is -1.04. The number of carbonyl (C=O) groups excluding carboxylic acids is 1. The molecule has 2 rings (SSSR count). The molecule has 2 atom stereocenters. The molecule has 0 saturated heterocycles. The molecule has 0 heterocycles. The van der Waals surface area contributed by atoms with Crippen LogP contribution in [0.3, 0.4) is 0 Å². The number of aliphatic hydroxyl groups is 1. The molecule has 5 nitrogen and oxygen atoms in total. The Morgan fingerprint density at radius 2 is 1.75 bits per heavy atom. The van der Waals surface area contributed by atoms with Crippen LogP contribution < -0.4 is 10.6 Å². The van der Waals surface area contributed by atoms with E-state index >= 15 is 0 Å². The van der Waals surface area contributed by atoms with Gasteiger partial charge in [0.25, 0.3) is 0 Å². The Labute approximate surface area is 208 Å². The third-order valence-electron chi connectivity index (χ3n) is 4.34. The molecule has 1 amide bonds. The molecule has 0 aliphatic carbocycles. The number of carbonyl (C=O) groups is 1. The van der Waals surface area contributed by atoms with Crippen LogP contribution in [0.1, 0.15) is 11.1 Å². The van der Waals surface area contributed by atoms with Gasteiger partial charge in [-0.1, -0.05) is 56.8 Å². The van der Waals surface area contributed by atoms with Crippen molar-refractivity contribution in [2.45, 2.75) is 18.3 Å². The van der Waals surface area contributed by atoms with Crippen LogP contribution in [0.15, 0.2) is 34.8 Å². The molecule has 0 aliphatic heterocycles. The molecule has 0 aromatic heterocycles. The highest BCUT2D eigenvalue weighted by molar-refractivity contribution is 9.10. The van der Waals surface area contributed by atoms with Crippen molar-refractivity contribution in [3.63, 3.8) is 0 Å². The first kappa shape index (κ1) is 27.2. The van der Waals surface area contributed by atoms with Gasteiger partial charge < -0.3 is 15.7 Å². The van der Waals surface area contributed by atoms with Crippen molar-refractivity contribution in [1.82, 2.24) is 5.32 Å². The normalized spacial score (nSPS) is 14.5. The topological polar surface area (TPSA) is 78.4 Å². The van der Waals surface area contributed by atoms with Gasteiger partial charge in [-0.05, 0) is 35.4 Å². The van der Waals surface area contributed by atoms with Crippen molar-refractivity contribution < 1.29 is 27.3 Å². The number of amides is 1. The standard InChI is InChI=1S/C19H17BrCl3F3N2O3S/c1-32(31)8-16(29)27-7-10-2-3-12(6-13(10)20)28-9-18(30,19(24,25)26)11-4-14(21)17(23)15(22)5-11/h2-6,28,30H,7-9H2,1H3,(H,27,29)/t18-,32-/m0/s1. The number of halogens is 7. The van der Waals surface area contributed by atoms with E-state index in [0.717, 1.165) is 12.1 Å². The Balaban J connectivity index is 2.19. The molecule has 0 fully saturated rings. The van der Waals surface area contributed by atoms with Gasteiger partial charge in [0.15, 0.2) is 0 Å². The summed E-state index contributed by atoms with van der Waals surface area (Å²) < 4.78 is 52.9. The summed E-state index contributed by atoms with van der Waals surface area (Å²) in [4.78, 5) is 11.6. The van der Waals surface area contributed by atoms with Crippen LogP contribution in [-0.2, 0) is 27.7 Å². The van der Waals surface area contributed by atoms with Gasteiger partial charge in [-0.15, -0.1) is 0 Å². The van der Waals surface area contributed by atoms with Crippen molar-refractivity contribution >= 4 is 73.1 Å². The second-order valence-electron chi connectivity index (χ2n) is 6.77. The van der Waals surface area contributed by atoms with Crippen LogP contribution in [0.4, 0.5) is 18.9 Å². The van der Waals surface area contributed by atoms with Crippen molar-refractivity contribution in [3.05, 3.63) is 61.0 Å². The molecule has 32 heavy (non-hydrogen) atoms. The fourth-order valence-corrected chi connectivity index (χ4v) is 4.21. The van der Waals surface area contributed by atoms with Gasteiger partial charge in [-0.25, -0.2) is 0 Å². The van der Waals surface area contributed by atoms with Gasteiger partial charge >= 0.3 is 6.18 Å². The number of rotatable bonds is 8. The van der Waals surface area contributed by atoms with Crippen molar-refractivity contribution in [3.8, 4) is 0 Å². The molecule has 0 bridgehead atoms. The zero-order valence-electron chi connectivity index (χ0n) is 16.3. The molecule has 0 aliphatic rings. The SMILES string of the molecule is C[S@](=O)CC(=O)NCc1ccc(NC[C@](O)(c2cc(Cl)c(Cl)c(Cl)c2)C(F)(F)F)cc1Br. The highest BCUT2D eigenvalue weighted by atomic mass is 79.9. The maximum Gasteiger partial charge on any atom is 0.423 e. The molecule has 0 spiro atoms. The Morgan fingerprint density at radius 3 is 2.25 bits per heavy atom. The second kappa shape index (κ2) is 10.9. The maximum absolute atomic E-state index is 13.8. The summed E-state index contributed by atoms with van der Waals surface area (Å²) in [5.41, 5.74) is -2.95. The summed E-state index contributed by atoms with van der Waals surface area (Å²) in [5.74, 6) is -0.526. The van der Waals surface area contributed by atoms with Crippen molar-refractivity contribution in [1.29, 1.82) is 0 Å². The van der Waals surface area contributed by atoms with E-state index in [-0.39, 0.29) is 33.1 Å². The Bertz CT molecular complexity index is 1020. The largest absolute Gasteiger partial charge is 0.423 e. The first-order valence-electron chi connectivity index (χ1n) is 8.77. The van der Waals surface area contributed by atoms with Crippen LogP contribution >= 0.6 is 50.7 Å². The first-order valence-corrected chi connectivity index (χ1v) is 12.4. The third-order valence-corrected chi connectivity index (χ3v) is 6.95. The minimum absolute atomic E-state index is 0.119. The van der Waals surface area contributed by atoms with Gasteiger partial charge in [-0.2, -0.15) is 13.2 Å². The van der Waals surface area contributed by atoms with Crippen molar-refractivity contribution in [2.24, 2.45) is 0 Å². The zero-order valence-corrected chi connectivity index (χ0v) is 21.0. The third kappa shape index (κ3) is 6.74. The zero-order chi connectivity index (χ0) is 24.3. The van der Waals surface area contributed by atoms with E-state index in [2.05, 4.69) is 26.6 Å². The van der Waals surface area contributed by atoms with E-state index in [1.165, 1.54) is 18.4 Å². The lowest BCUT2D eigenvalue weighted by Crippen LogP contribution is -2.47. The van der Waals surface area contributed by atoms with E-state index in [1.807, 2.05) is 0 Å². The van der Waals surface area contributed by atoms with E-state index in [1.54, 1.807) is 6.07 Å². The Kier molecular flexibility index (Phi) is 9.29. The van der Waals surface area contributed by atoms with Crippen LogP contribution in [0.25, 0.3) is 0 Å². The van der Waals surface area contributed by atoms with Crippen LogP contribution in [0.2, 0.25) is 15.1 Å². The average Bonchev–Trinajstić information content (AvgIpc) is 2.67. The highest BCUT2D eigenvalue weighted by Crippen LogP contribution is 2.43. The molecular weight excluding hydrogens is 580 g/mol. The number of hydrogen-bond donors (Lipinski definition) is 3. The monoisotopic (exact) mass is 594 g/mol. The minimum atomic E-state index is -5.05. The minimum Gasteiger partial charge on any atom is -0.381 e. The summed E-state index contributed by atoms with van der Waals surface area (Å²) >= 11 is 20.8. The number of alkyl halides is 3. The molecule has 2 aromatic rings. The second-order valence-corrected chi connectivity index (χ2v) is 10.2. The fraction of sp³-hybridized carbons (Fsp3) is 0.316. The predicted molar refractivity (Wildman–Crippen MR) is 125 cm³/mol. The molecular formula is C19H17BrCl3F3N2O3S. The fourth-order valence-electron chi connectivity index (χ4n) is 2.62. The van der Waals surface area contributed by atoms with Gasteiger partial charge in [0, 0.05) is 33.8 Å².